The van der Waals surface area contributed by atoms with E-state index in [1.807, 2.05) is 66.7 Å². The number of fused-ring (bicyclic) bond motifs is 3. The number of allylic oxidation sites excluding steroid dienone is 3. The van der Waals surface area contributed by atoms with Crippen molar-refractivity contribution in [3.05, 3.63) is 233 Å². The molecule has 0 bridgehead atoms. The van der Waals surface area contributed by atoms with Gasteiger partial charge in [0.15, 0.2) is 6.17 Å². The summed E-state index contributed by atoms with van der Waals surface area (Å²) in [6.45, 7) is 4.34. The van der Waals surface area contributed by atoms with Crippen LogP contribution in [0.3, 0.4) is 0 Å². The molecule has 4 aliphatic rings. The Balaban J connectivity index is 1.07. The smallest absolute Gasteiger partial charge is 0.169 e. The Morgan fingerprint density at radius 1 is 0.672 bits per heavy atom. The molecule has 2 N–H and O–H groups in total. The maximum absolute atomic E-state index is 6.67. The molecule has 4 heterocycles. The SMILES string of the molecule is C=C/C=C\C(C1=NC(c2ccccc2)N=C(C2=CCc3oc4ccccc4c3C=C2)N1)=C1/COC2=C1NC(c1ccccc1)=NC2c1ccc(-c2ccccc2)cc1. The van der Waals surface area contributed by atoms with Crippen LogP contribution in [-0.4, -0.2) is 24.1 Å². The Labute approximate surface area is 337 Å². The van der Waals surface area contributed by atoms with Gasteiger partial charge in [-0.05, 0) is 28.3 Å². The zero-order valence-corrected chi connectivity index (χ0v) is 31.7. The van der Waals surface area contributed by atoms with Gasteiger partial charge in [-0.1, -0.05) is 176 Å². The van der Waals surface area contributed by atoms with Gasteiger partial charge < -0.3 is 19.8 Å². The van der Waals surface area contributed by atoms with E-state index in [9.17, 15) is 0 Å². The Bertz CT molecular complexity index is 2800. The number of para-hydroxylation sites is 1. The van der Waals surface area contributed by atoms with Crippen molar-refractivity contribution >= 4 is 34.6 Å². The number of rotatable bonds is 8. The molecule has 2 unspecified atom stereocenters. The first-order valence-corrected chi connectivity index (χ1v) is 19.5. The van der Waals surface area contributed by atoms with Crippen molar-refractivity contribution < 1.29 is 9.15 Å². The minimum Gasteiger partial charge on any atom is -0.488 e. The highest BCUT2D eigenvalue weighted by molar-refractivity contribution is 6.18. The van der Waals surface area contributed by atoms with E-state index in [1.54, 1.807) is 6.08 Å². The first kappa shape index (κ1) is 34.9. The van der Waals surface area contributed by atoms with Crippen molar-refractivity contribution in [1.82, 2.24) is 10.6 Å². The molecule has 0 amide bonds. The van der Waals surface area contributed by atoms with Crippen molar-refractivity contribution in [3.8, 4) is 11.1 Å². The number of aliphatic imine (C=N–C) groups is 3. The molecule has 280 valence electrons. The number of nitrogens with zero attached hydrogens (tertiary/aromatic N) is 3. The third-order valence-corrected chi connectivity index (χ3v) is 10.8. The molecule has 0 saturated carbocycles. The van der Waals surface area contributed by atoms with Crippen LogP contribution in [0, 0.1) is 0 Å². The van der Waals surface area contributed by atoms with Crippen molar-refractivity contribution in [3.63, 3.8) is 0 Å². The zero-order valence-electron chi connectivity index (χ0n) is 31.7. The molecule has 1 aliphatic carbocycles. The van der Waals surface area contributed by atoms with Gasteiger partial charge in [-0.3, -0.25) is 4.99 Å². The second kappa shape index (κ2) is 15.2. The fraction of sp³-hybridized carbons (Fsp3) is 0.0784. The van der Waals surface area contributed by atoms with Crippen LogP contribution in [0.1, 0.15) is 40.2 Å². The molecule has 0 fully saturated rings. The average Bonchev–Trinajstić information content (AvgIpc) is 3.81. The summed E-state index contributed by atoms with van der Waals surface area (Å²) in [4.78, 5) is 15.8. The third-order valence-electron chi connectivity index (χ3n) is 10.8. The number of hydrogen-bond acceptors (Lipinski definition) is 7. The predicted molar refractivity (Wildman–Crippen MR) is 234 cm³/mol. The lowest BCUT2D eigenvalue weighted by molar-refractivity contribution is 0.238. The minimum absolute atomic E-state index is 0.323. The van der Waals surface area contributed by atoms with Gasteiger partial charge in [-0.25, -0.2) is 9.98 Å². The van der Waals surface area contributed by atoms with Crippen molar-refractivity contribution in [2.45, 2.75) is 18.6 Å². The monoisotopic (exact) mass is 753 g/mol. The normalized spacial score (nSPS) is 19.4. The maximum Gasteiger partial charge on any atom is 0.169 e. The van der Waals surface area contributed by atoms with Gasteiger partial charge in [0.05, 0.1) is 5.70 Å². The molecule has 5 aromatic carbocycles. The van der Waals surface area contributed by atoms with Gasteiger partial charge in [0.25, 0.3) is 0 Å². The van der Waals surface area contributed by atoms with Crippen molar-refractivity contribution in [2.24, 2.45) is 15.0 Å². The van der Waals surface area contributed by atoms with Gasteiger partial charge in [0.2, 0.25) is 0 Å². The molecule has 0 saturated heterocycles. The molecule has 1 aromatic heterocycles. The van der Waals surface area contributed by atoms with Crippen LogP contribution >= 0.6 is 0 Å². The summed E-state index contributed by atoms with van der Waals surface area (Å²) >= 11 is 0. The molecule has 0 radical (unpaired) electrons. The number of amidine groups is 3. The van der Waals surface area contributed by atoms with Crippen LogP contribution in [0.5, 0.6) is 0 Å². The van der Waals surface area contributed by atoms with E-state index < -0.39 is 6.17 Å². The average molecular weight is 754 g/mol. The second-order valence-corrected chi connectivity index (χ2v) is 14.4. The minimum atomic E-state index is -0.484. The molecular formula is C51H39N5O2. The lowest BCUT2D eigenvalue weighted by atomic mass is 9.96. The van der Waals surface area contributed by atoms with Crippen LogP contribution in [0.2, 0.25) is 0 Å². The standard InChI is InChI=1S/C51H39N5O2/c1-2-3-21-41(51-55-49(37-19-11-6-12-20-37)54-50(56-51)38-28-30-40-39-22-13-14-23-43(39)58-44(40)31-29-38)42-32-57-47-45(52-48(53-46(42)47)36-17-9-5-10-18-36)35-26-24-34(25-27-35)33-15-7-4-8-16-33/h2-30,45,49H,1,31-32H2,(H,52,53)(H,54,55,56)/b21-3-,42-41-. The summed E-state index contributed by atoms with van der Waals surface area (Å²) in [5.41, 5.74) is 11.0. The fourth-order valence-corrected chi connectivity index (χ4v) is 7.87. The number of furan rings is 1. The van der Waals surface area contributed by atoms with E-state index in [2.05, 4.69) is 120 Å². The lowest BCUT2D eigenvalue weighted by Crippen LogP contribution is -2.37. The first-order valence-electron chi connectivity index (χ1n) is 19.5. The van der Waals surface area contributed by atoms with E-state index in [4.69, 9.17) is 24.1 Å². The topological polar surface area (TPSA) is 83.5 Å². The largest absolute Gasteiger partial charge is 0.488 e. The predicted octanol–water partition coefficient (Wildman–Crippen LogP) is 10.8. The summed E-state index contributed by atoms with van der Waals surface area (Å²) in [6.07, 6.45) is 12.3. The number of benzene rings is 5. The molecule has 58 heavy (non-hydrogen) atoms. The van der Waals surface area contributed by atoms with Crippen LogP contribution in [0.15, 0.2) is 224 Å². The van der Waals surface area contributed by atoms with E-state index in [0.29, 0.717) is 18.9 Å². The highest BCUT2D eigenvalue weighted by Gasteiger charge is 2.36. The fourth-order valence-electron chi connectivity index (χ4n) is 7.87. The molecule has 7 nitrogen and oxygen atoms in total. The molecular weight excluding hydrogens is 715 g/mol. The maximum atomic E-state index is 6.67. The van der Waals surface area contributed by atoms with Crippen LogP contribution < -0.4 is 10.6 Å². The van der Waals surface area contributed by atoms with E-state index in [1.165, 1.54) is 5.56 Å². The zero-order chi connectivity index (χ0) is 38.8. The summed E-state index contributed by atoms with van der Waals surface area (Å²) in [7, 11) is 0. The van der Waals surface area contributed by atoms with Crippen molar-refractivity contribution in [2.75, 3.05) is 6.61 Å². The molecule has 10 rings (SSSR count). The van der Waals surface area contributed by atoms with Crippen molar-refractivity contribution in [1.29, 1.82) is 0 Å². The van der Waals surface area contributed by atoms with E-state index in [0.717, 1.165) is 84.4 Å². The molecule has 2 atom stereocenters. The highest BCUT2D eigenvalue weighted by Crippen LogP contribution is 2.41. The summed E-state index contributed by atoms with van der Waals surface area (Å²) in [5.74, 6) is 3.88. The Morgan fingerprint density at radius 2 is 1.38 bits per heavy atom. The molecule has 3 aliphatic heterocycles. The second-order valence-electron chi connectivity index (χ2n) is 14.4. The van der Waals surface area contributed by atoms with Gasteiger partial charge in [-0.2, -0.15) is 0 Å². The highest BCUT2D eigenvalue weighted by atomic mass is 16.5. The number of nitrogens with one attached hydrogen (secondary N) is 2. The third kappa shape index (κ3) is 6.62. The van der Waals surface area contributed by atoms with E-state index >= 15 is 0 Å². The summed E-state index contributed by atoms with van der Waals surface area (Å²) in [6, 6.07) is 47.3. The van der Waals surface area contributed by atoms with Crippen LogP contribution in [0.25, 0.3) is 28.2 Å². The lowest BCUT2D eigenvalue weighted by Gasteiger charge is -2.26. The van der Waals surface area contributed by atoms with Crippen LogP contribution in [0.4, 0.5) is 0 Å². The Hall–Kier alpha value is -7.51. The summed E-state index contributed by atoms with van der Waals surface area (Å²) < 4.78 is 13.0. The van der Waals surface area contributed by atoms with Crippen LogP contribution in [-0.2, 0) is 11.2 Å². The first-order chi connectivity index (χ1) is 28.7. The quantitative estimate of drug-likeness (QED) is 0.152. The molecule has 6 aromatic rings. The number of ether oxygens (including phenoxy) is 1. The summed E-state index contributed by atoms with van der Waals surface area (Å²) in [5, 5.41) is 8.47. The van der Waals surface area contributed by atoms with Gasteiger partial charge in [0, 0.05) is 39.7 Å². The molecule has 7 heteroatoms. The Morgan fingerprint density at radius 3 is 2.16 bits per heavy atom. The molecule has 0 spiro atoms. The number of hydrogen-bond donors (Lipinski definition) is 2. The van der Waals surface area contributed by atoms with Gasteiger partial charge in [-0.15, -0.1) is 0 Å². The van der Waals surface area contributed by atoms with Gasteiger partial charge in [0.1, 0.15) is 47.3 Å². The van der Waals surface area contributed by atoms with Gasteiger partial charge >= 0.3 is 0 Å². The van der Waals surface area contributed by atoms with E-state index in [-0.39, 0.29) is 6.04 Å². The Kier molecular flexibility index (Phi) is 9.16.